The number of aryl methyl sites for hydroxylation is 1. The molecule has 2 aromatic rings. The van der Waals surface area contributed by atoms with E-state index in [2.05, 4.69) is 10.3 Å². The summed E-state index contributed by atoms with van der Waals surface area (Å²) in [4.78, 5) is 4.52. The number of rotatable bonds is 5. The average Bonchev–Trinajstić information content (AvgIpc) is 3.13. The van der Waals surface area contributed by atoms with Gasteiger partial charge in [-0.3, -0.25) is 0 Å². The predicted molar refractivity (Wildman–Crippen MR) is 73.1 cm³/mol. The van der Waals surface area contributed by atoms with Gasteiger partial charge in [0.05, 0.1) is 18.4 Å². The molecule has 1 fully saturated rings. The van der Waals surface area contributed by atoms with E-state index in [1.165, 1.54) is 12.8 Å². The topological polar surface area (TPSA) is 47.3 Å². The maximum Gasteiger partial charge on any atom is 0.229 e. The van der Waals surface area contributed by atoms with Gasteiger partial charge in [-0.15, -0.1) is 0 Å². The summed E-state index contributed by atoms with van der Waals surface area (Å²) in [5.74, 6) is 1.40. The van der Waals surface area contributed by atoms with Crippen LogP contribution in [0.4, 0.5) is 0 Å². The number of hydrogen-bond donors (Lipinski definition) is 1. The predicted octanol–water partition coefficient (Wildman–Crippen LogP) is 2.91. The molecule has 1 aromatic carbocycles. The molecule has 0 unspecified atom stereocenters. The number of nitrogens with one attached hydrogen (secondary N) is 1. The Hall–Kier alpha value is -1.81. The van der Waals surface area contributed by atoms with E-state index in [0.29, 0.717) is 11.9 Å². The molecule has 0 radical (unpaired) electrons. The standard InChI is InChI=1S/C15H18N2O2/c1-10-3-6-14(18-2)13(7-10)15-17-12(9-19-15)8-16-11-4-5-11/h3,6-7,9,11,16H,4-5,8H2,1-2H3. The fourth-order valence-corrected chi connectivity index (χ4v) is 2.04. The zero-order chi connectivity index (χ0) is 13.2. The Labute approximate surface area is 112 Å². The highest BCUT2D eigenvalue weighted by molar-refractivity contribution is 5.63. The lowest BCUT2D eigenvalue weighted by molar-refractivity contribution is 0.414. The number of methoxy groups -OCH3 is 1. The van der Waals surface area contributed by atoms with E-state index < -0.39 is 0 Å². The fraction of sp³-hybridized carbons (Fsp3) is 0.400. The summed E-state index contributed by atoms with van der Waals surface area (Å²) in [6.07, 6.45) is 4.26. The number of nitrogens with zero attached hydrogens (tertiary/aromatic N) is 1. The molecule has 0 bridgehead atoms. The van der Waals surface area contributed by atoms with E-state index in [9.17, 15) is 0 Å². The van der Waals surface area contributed by atoms with Gasteiger partial charge in [0.2, 0.25) is 5.89 Å². The van der Waals surface area contributed by atoms with Crippen LogP contribution in [0.3, 0.4) is 0 Å². The summed E-state index contributed by atoms with van der Waals surface area (Å²) >= 11 is 0. The summed E-state index contributed by atoms with van der Waals surface area (Å²) in [7, 11) is 1.66. The molecular weight excluding hydrogens is 240 g/mol. The molecule has 1 saturated carbocycles. The van der Waals surface area contributed by atoms with Crippen LogP contribution in [0.1, 0.15) is 24.1 Å². The van der Waals surface area contributed by atoms with Crippen molar-refractivity contribution >= 4 is 0 Å². The van der Waals surface area contributed by atoms with E-state index in [1.54, 1.807) is 13.4 Å². The lowest BCUT2D eigenvalue weighted by atomic mass is 10.1. The summed E-state index contributed by atoms with van der Waals surface area (Å²) in [6, 6.07) is 6.66. The second-order valence-electron chi connectivity index (χ2n) is 5.00. The van der Waals surface area contributed by atoms with E-state index in [4.69, 9.17) is 9.15 Å². The molecule has 1 N–H and O–H groups in total. The molecule has 1 aliphatic carbocycles. The second kappa shape index (κ2) is 5.05. The van der Waals surface area contributed by atoms with Crippen LogP contribution in [0.15, 0.2) is 28.9 Å². The Kier molecular flexibility index (Phi) is 3.25. The quantitative estimate of drug-likeness (QED) is 0.895. The molecule has 1 aromatic heterocycles. The van der Waals surface area contributed by atoms with Gasteiger partial charge >= 0.3 is 0 Å². The minimum Gasteiger partial charge on any atom is -0.496 e. The van der Waals surface area contributed by atoms with Crippen molar-refractivity contribution in [1.29, 1.82) is 0 Å². The molecule has 4 nitrogen and oxygen atoms in total. The van der Waals surface area contributed by atoms with Gasteiger partial charge in [0.1, 0.15) is 12.0 Å². The number of hydrogen-bond acceptors (Lipinski definition) is 4. The Balaban J connectivity index is 1.82. The van der Waals surface area contributed by atoms with Crippen molar-refractivity contribution in [3.63, 3.8) is 0 Å². The number of ether oxygens (including phenoxy) is 1. The molecule has 1 aliphatic rings. The maximum absolute atomic E-state index is 5.57. The summed E-state index contributed by atoms with van der Waals surface area (Å²) < 4.78 is 10.9. The first-order chi connectivity index (χ1) is 9.26. The molecule has 0 saturated heterocycles. The minimum atomic E-state index is 0.619. The minimum absolute atomic E-state index is 0.619. The third-order valence-electron chi connectivity index (χ3n) is 3.29. The van der Waals surface area contributed by atoms with Crippen molar-refractivity contribution in [2.45, 2.75) is 32.4 Å². The Morgan fingerprint density at radius 1 is 1.42 bits per heavy atom. The lowest BCUT2D eigenvalue weighted by Crippen LogP contribution is -2.15. The monoisotopic (exact) mass is 258 g/mol. The Morgan fingerprint density at radius 2 is 2.26 bits per heavy atom. The second-order valence-corrected chi connectivity index (χ2v) is 5.00. The molecule has 1 heterocycles. The van der Waals surface area contributed by atoms with Crippen LogP contribution in [-0.2, 0) is 6.54 Å². The van der Waals surface area contributed by atoms with E-state index in [0.717, 1.165) is 29.1 Å². The van der Waals surface area contributed by atoms with E-state index >= 15 is 0 Å². The van der Waals surface area contributed by atoms with Gasteiger partial charge in [-0.1, -0.05) is 11.6 Å². The van der Waals surface area contributed by atoms with Crippen molar-refractivity contribution in [1.82, 2.24) is 10.3 Å². The maximum atomic E-state index is 5.57. The SMILES string of the molecule is COc1ccc(C)cc1-c1nc(CNC2CC2)co1. The van der Waals surface area contributed by atoms with Crippen LogP contribution in [-0.4, -0.2) is 18.1 Å². The first kappa shape index (κ1) is 12.2. The van der Waals surface area contributed by atoms with Crippen molar-refractivity contribution < 1.29 is 9.15 Å². The van der Waals surface area contributed by atoms with Crippen molar-refractivity contribution in [3.8, 4) is 17.2 Å². The van der Waals surface area contributed by atoms with Crippen LogP contribution in [0.5, 0.6) is 5.75 Å². The normalized spacial score (nSPS) is 14.6. The molecular formula is C15H18N2O2. The molecule has 0 spiro atoms. The molecule has 0 amide bonds. The van der Waals surface area contributed by atoms with Gasteiger partial charge in [-0.05, 0) is 31.9 Å². The van der Waals surface area contributed by atoms with Crippen molar-refractivity contribution in [2.24, 2.45) is 0 Å². The molecule has 19 heavy (non-hydrogen) atoms. The first-order valence-electron chi connectivity index (χ1n) is 6.59. The van der Waals surface area contributed by atoms with Gasteiger partial charge in [-0.2, -0.15) is 0 Å². The number of aromatic nitrogens is 1. The van der Waals surface area contributed by atoms with Crippen molar-refractivity contribution in [3.05, 3.63) is 35.7 Å². The highest BCUT2D eigenvalue weighted by atomic mass is 16.5. The Morgan fingerprint density at radius 3 is 3.00 bits per heavy atom. The zero-order valence-electron chi connectivity index (χ0n) is 11.3. The molecule has 4 heteroatoms. The summed E-state index contributed by atoms with van der Waals surface area (Å²) in [6.45, 7) is 2.81. The third kappa shape index (κ3) is 2.79. The first-order valence-corrected chi connectivity index (χ1v) is 6.59. The van der Waals surface area contributed by atoms with Crippen LogP contribution in [0.2, 0.25) is 0 Å². The summed E-state index contributed by atoms with van der Waals surface area (Å²) in [5, 5.41) is 3.42. The van der Waals surface area contributed by atoms with Crippen LogP contribution in [0, 0.1) is 6.92 Å². The smallest absolute Gasteiger partial charge is 0.229 e. The van der Waals surface area contributed by atoms with Gasteiger partial charge in [0.25, 0.3) is 0 Å². The third-order valence-corrected chi connectivity index (χ3v) is 3.29. The molecule has 0 aliphatic heterocycles. The largest absolute Gasteiger partial charge is 0.496 e. The number of oxazole rings is 1. The summed E-state index contributed by atoms with van der Waals surface area (Å²) in [5.41, 5.74) is 3.00. The zero-order valence-corrected chi connectivity index (χ0v) is 11.3. The van der Waals surface area contributed by atoms with Gasteiger partial charge in [0.15, 0.2) is 0 Å². The lowest BCUT2D eigenvalue weighted by Gasteiger charge is -2.05. The van der Waals surface area contributed by atoms with Crippen LogP contribution < -0.4 is 10.1 Å². The molecule has 0 atom stereocenters. The van der Waals surface area contributed by atoms with Crippen molar-refractivity contribution in [2.75, 3.05) is 7.11 Å². The highest BCUT2D eigenvalue weighted by Gasteiger charge is 2.21. The molecule has 3 rings (SSSR count). The number of benzene rings is 1. The van der Waals surface area contributed by atoms with Crippen LogP contribution in [0.25, 0.3) is 11.5 Å². The van der Waals surface area contributed by atoms with E-state index in [1.807, 2.05) is 25.1 Å². The average molecular weight is 258 g/mol. The Bertz CT molecular complexity index is 573. The molecule has 100 valence electrons. The fourth-order valence-electron chi connectivity index (χ4n) is 2.04. The van der Waals surface area contributed by atoms with Crippen LogP contribution >= 0.6 is 0 Å². The van der Waals surface area contributed by atoms with Gasteiger partial charge in [-0.25, -0.2) is 4.98 Å². The van der Waals surface area contributed by atoms with Gasteiger partial charge < -0.3 is 14.5 Å². The van der Waals surface area contributed by atoms with E-state index in [-0.39, 0.29) is 0 Å². The highest BCUT2D eigenvalue weighted by Crippen LogP contribution is 2.30. The van der Waals surface area contributed by atoms with Gasteiger partial charge in [0, 0.05) is 12.6 Å².